The molecular weight excluding hydrogens is 221 g/mol. The van der Waals surface area contributed by atoms with Crippen LogP contribution >= 0.6 is 0 Å². The third-order valence-electron chi connectivity index (χ3n) is 2.25. The summed E-state index contributed by atoms with van der Waals surface area (Å²) >= 11 is 0. The van der Waals surface area contributed by atoms with E-state index < -0.39 is 23.6 Å². The summed E-state index contributed by atoms with van der Waals surface area (Å²) in [6.07, 6.45) is -0.406. The molecule has 16 heavy (non-hydrogen) atoms. The van der Waals surface area contributed by atoms with Gasteiger partial charge in [-0.2, -0.15) is 0 Å². The summed E-state index contributed by atoms with van der Waals surface area (Å²) in [5.74, 6) is -4.14. The van der Waals surface area contributed by atoms with Crippen molar-refractivity contribution in [1.29, 1.82) is 0 Å². The van der Waals surface area contributed by atoms with E-state index in [4.69, 9.17) is 4.74 Å². The molecule has 0 amide bonds. The molecule has 5 heteroatoms. The highest BCUT2D eigenvalue weighted by Gasteiger charge is 2.18. The van der Waals surface area contributed by atoms with Crippen molar-refractivity contribution in [2.75, 3.05) is 13.7 Å². The highest BCUT2D eigenvalue weighted by Crippen LogP contribution is 2.24. The number of aliphatic hydroxyl groups excluding tert-OH is 1. The van der Waals surface area contributed by atoms with Crippen molar-refractivity contribution >= 4 is 0 Å². The minimum Gasteiger partial charge on any atom is -0.388 e. The maximum absolute atomic E-state index is 13.2. The Kier molecular flexibility index (Phi) is 4.76. The molecule has 1 unspecified atom stereocenters. The van der Waals surface area contributed by atoms with Gasteiger partial charge in [0.2, 0.25) is 0 Å². The number of hydrogen-bond donors (Lipinski definition) is 1. The molecule has 0 saturated heterocycles. The second kappa shape index (κ2) is 5.86. The molecule has 0 saturated carbocycles. The zero-order chi connectivity index (χ0) is 12.1. The Balaban J connectivity index is 2.76. The fourth-order valence-corrected chi connectivity index (χ4v) is 1.37. The number of hydrogen-bond acceptors (Lipinski definition) is 2. The van der Waals surface area contributed by atoms with Crippen molar-refractivity contribution in [2.45, 2.75) is 18.9 Å². The van der Waals surface area contributed by atoms with Gasteiger partial charge in [-0.1, -0.05) is 6.07 Å². The second-order valence-electron chi connectivity index (χ2n) is 3.42. The normalized spacial score (nSPS) is 12.8. The van der Waals surface area contributed by atoms with Crippen LogP contribution < -0.4 is 0 Å². The molecule has 0 aliphatic rings. The summed E-state index contributed by atoms with van der Waals surface area (Å²) in [5.41, 5.74) is -0.227. The van der Waals surface area contributed by atoms with Gasteiger partial charge in [0, 0.05) is 19.3 Å². The van der Waals surface area contributed by atoms with Gasteiger partial charge in [0.15, 0.2) is 17.5 Å². The minimum absolute atomic E-state index is 0.227. The van der Waals surface area contributed by atoms with Gasteiger partial charge in [-0.15, -0.1) is 0 Å². The summed E-state index contributed by atoms with van der Waals surface area (Å²) in [7, 11) is 1.50. The van der Waals surface area contributed by atoms with Crippen molar-refractivity contribution in [3.8, 4) is 0 Å². The molecule has 1 N–H and O–H groups in total. The Morgan fingerprint density at radius 2 is 1.94 bits per heavy atom. The zero-order valence-electron chi connectivity index (χ0n) is 8.84. The van der Waals surface area contributed by atoms with Crippen LogP contribution in [0.15, 0.2) is 12.1 Å². The lowest BCUT2D eigenvalue weighted by Gasteiger charge is -2.12. The second-order valence-corrected chi connectivity index (χ2v) is 3.42. The molecule has 0 fully saturated rings. The predicted octanol–water partition coefficient (Wildman–Crippen LogP) is 2.56. The zero-order valence-corrected chi connectivity index (χ0v) is 8.84. The molecule has 0 heterocycles. The maximum Gasteiger partial charge on any atom is 0.194 e. The third kappa shape index (κ3) is 2.96. The predicted molar refractivity (Wildman–Crippen MR) is 52.4 cm³/mol. The summed E-state index contributed by atoms with van der Waals surface area (Å²) in [4.78, 5) is 0. The van der Waals surface area contributed by atoms with E-state index in [1.807, 2.05) is 0 Å². The quantitative estimate of drug-likeness (QED) is 0.626. The van der Waals surface area contributed by atoms with Gasteiger partial charge in [-0.3, -0.25) is 0 Å². The fourth-order valence-electron chi connectivity index (χ4n) is 1.37. The number of methoxy groups -OCH3 is 1. The van der Waals surface area contributed by atoms with Crippen LogP contribution in [0.5, 0.6) is 0 Å². The first-order chi connectivity index (χ1) is 7.57. The molecule has 1 rings (SSSR count). The van der Waals surface area contributed by atoms with E-state index >= 15 is 0 Å². The lowest BCUT2D eigenvalue weighted by atomic mass is 10.0. The van der Waals surface area contributed by atoms with Crippen molar-refractivity contribution in [3.63, 3.8) is 0 Å². The molecule has 1 aromatic carbocycles. The summed E-state index contributed by atoms with van der Waals surface area (Å²) < 4.78 is 43.4. The van der Waals surface area contributed by atoms with E-state index in [0.29, 0.717) is 13.0 Å². The Hall–Kier alpha value is -1.07. The summed E-state index contributed by atoms with van der Waals surface area (Å²) in [6.45, 7) is 0.419. The number of rotatable bonds is 5. The minimum atomic E-state index is -1.55. The standard InChI is InChI=1S/C11H13F3O2/c1-16-6-2-3-9(15)7-4-5-8(12)11(14)10(7)13/h4-5,9,15H,2-3,6H2,1H3. The molecule has 0 bridgehead atoms. The first-order valence-electron chi connectivity index (χ1n) is 4.88. The maximum atomic E-state index is 13.2. The molecule has 2 nitrogen and oxygen atoms in total. The molecule has 0 aliphatic carbocycles. The third-order valence-corrected chi connectivity index (χ3v) is 2.25. The van der Waals surface area contributed by atoms with Crippen LogP contribution in [-0.2, 0) is 4.74 Å². The van der Waals surface area contributed by atoms with E-state index in [2.05, 4.69) is 0 Å². The van der Waals surface area contributed by atoms with Crippen molar-refractivity contribution in [3.05, 3.63) is 35.1 Å². The average Bonchev–Trinajstić information content (AvgIpc) is 2.26. The number of benzene rings is 1. The average molecular weight is 234 g/mol. The van der Waals surface area contributed by atoms with Gasteiger partial charge in [-0.05, 0) is 18.9 Å². The Morgan fingerprint density at radius 3 is 2.56 bits per heavy atom. The fraction of sp³-hybridized carbons (Fsp3) is 0.455. The van der Waals surface area contributed by atoms with Gasteiger partial charge in [0.25, 0.3) is 0 Å². The molecular formula is C11H13F3O2. The number of ether oxygens (including phenoxy) is 1. The van der Waals surface area contributed by atoms with Gasteiger partial charge in [0.1, 0.15) is 0 Å². The Bertz CT molecular complexity index is 355. The monoisotopic (exact) mass is 234 g/mol. The lowest BCUT2D eigenvalue weighted by molar-refractivity contribution is 0.132. The molecule has 0 spiro atoms. The van der Waals surface area contributed by atoms with Crippen LogP contribution in [0.25, 0.3) is 0 Å². The molecule has 0 aromatic heterocycles. The lowest BCUT2D eigenvalue weighted by Crippen LogP contribution is -2.05. The first kappa shape index (κ1) is 13.0. The van der Waals surface area contributed by atoms with Crippen molar-refractivity contribution in [2.24, 2.45) is 0 Å². The van der Waals surface area contributed by atoms with Crippen molar-refractivity contribution < 1.29 is 23.0 Å². The smallest absolute Gasteiger partial charge is 0.194 e. The molecule has 1 aromatic rings. The van der Waals surface area contributed by atoms with Crippen molar-refractivity contribution in [1.82, 2.24) is 0 Å². The van der Waals surface area contributed by atoms with Gasteiger partial charge in [-0.25, -0.2) is 13.2 Å². The Morgan fingerprint density at radius 1 is 1.25 bits per heavy atom. The summed E-state index contributed by atoms with van der Waals surface area (Å²) in [6, 6.07) is 1.85. The van der Waals surface area contributed by atoms with Gasteiger partial charge < -0.3 is 9.84 Å². The van der Waals surface area contributed by atoms with Crippen LogP contribution in [0.3, 0.4) is 0 Å². The largest absolute Gasteiger partial charge is 0.388 e. The van der Waals surface area contributed by atoms with E-state index in [0.717, 1.165) is 12.1 Å². The topological polar surface area (TPSA) is 29.5 Å². The molecule has 90 valence electrons. The highest BCUT2D eigenvalue weighted by molar-refractivity contribution is 5.22. The van der Waals surface area contributed by atoms with E-state index in [9.17, 15) is 18.3 Å². The molecule has 0 aliphatic heterocycles. The van der Waals surface area contributed by atoms with Crippen LogP contribution in [0.2, 0.25) is 0 Å². The number of halogens is 3. The van der Waals surface area contributed by atoms with Gasteiger partial charge in [0.05, 0.1) is 6.10 Å². The highest BCUT2D eigenvalue weighted by atomic mass is 19.2. The van der Waals surface area contributed by atoms with Crippen LogP contribution in [0, 0.1) is 17.5 Å². The first-order valence-corrected chi connectivity index (χ1v) is 4.88. The SMILES string of the molecule is COCCCC(O)c1ccc(F)c(F)c1F. The van der Waals surface area contributed by atoms with E-state index in [1.54, 1.807) is 0 Å². The summed E-state index contributed by atoms with van der Waals surface area (Å²) in [5, 5.41) is 9.56. The van der Waals surface area contributed by atoms with Crippen LogP contribution in [0.1, 0.15) is 24.5 Å². The number of aliphatic hydroxyl groups is 1. The van der Waals surface area contributed by atoms with E-state index in [1.165, 1.54) is 7.11 Å². The Labute approximate surface area is 91.7 Å². The van der Waals surface area contributed by atoms with Gasteiger partial charge >= 0.3 is 0 Å². The molecule has 0 radical (unpaired) electrons. The molecule has 1 atom stereocenters. The van der Waals surface area contributed by atoms with E-state index in [-0.39, 0.29) is 12.0 Å². The van der Waals surface area contributed by atoms with Crippen LogP contribution in [-0.4, -0.2) is 18.8 Å². The van der Waals surface area contributed by atoms with Crippen LogP contribution in [0.4, 0.5) is 13.2 Å².